The second kappa shape index (κ2) is 8.49. The number of nitrogens with zero attached hydrogens (tertiary/aromatic N) is 4. The standard InChI is InChI=1S/C24H23N5O3S/c33-24(25-12-16-4-3-7-19-18(16)13-30-15-31-19)29-10-8-28(9-11-29)23-22-21(26-14-27-23)17-5-1-2-6-20(17)32-22/h1-7,14H,8-13,15H2,(H,25,33). The third-order valence-electron chi connectivity index (χ3n) is 6.21. The van der Waals surface area contributed by atoms with Gasteiger partial charge in [0.25, 0.3) is 0 Å². The van der Waals surface area contributed by atoms with Crippen LogP contribution in [0.15, 0.2) is 53.2 Å². The Morgan fingerprint density at radius 3 is 2.82 bits per heavy atom. The van der Waals surface area contributed by atoms with E-state index in [-0.39, 0.29) is 0 Å². The first-order valence-corrected chi connectivity index (χ1v) is 11.4. The van der Waals surface area contributed by atoms with Gasteiger partial charge in [0.15, 0.2) is 23.3 Å². The minimum absolute atomic E-state index is 0.305. The Labute approximate surface area is 196 Å². The highest BCUT2D eigenvalue weighted by Gasteiger charge is 2.24. The molecule has 0 atom stereocenters. The summed E-state index contributed by atoms with van der Waals surface area (Å²) >= 11 is 5.69. The number of piperazine rings is 1. The summed E-state index contributed by atoms with van der Waals surface area (Å²) in [6.45, 7) is 4.71. The number of thiocarbonyl (C=S) groups is 1. The Bertz CT molecular complexity index is 1330. The summed E-state index contributed by atoms with van der Waals surface area (Å²) in [4.78, 5) is 13.4. The number of anilines is 1. The van der Waals surface area contributed by atoms with E-state index in [4.69, 9.17) is 26.1 Å². The highest BCUT2D eigenvalue weighted by atomic mass is 32.1. The van der Waals surface area contributed by atoms with Gasteiger partial charge in [-0.2, -0.15) is 0 Å². The molecule has 9 heteroatoms. The fourth-order valence-electron chi connectivity index (χ4n) is 4.47. The maximum atomic E-state index is 6.11. The normalized spacial score (nSPS) is 16.0. The van der Waals surface area contributed by atoms with Crippen LogP contribution in [0.25, 0.3) is 22.1 Å². The predicted octanol–water partition coefficient (Wildman–Crippen LogP) is 3.44. The van der Waals surface area contributed by atoms with Crippen molar-refractivity contribution in [2.75, 3.05) is 37.9 Å². The first-order chi connectivity index (χ1) is 16.3. The molecule has 1 fully saturated rings. The molecule has 1 saturated heterocycles. The predicted molar refractivity (Wildman–Crippen MR) is 129 cm³/mol. The molecule has 0 amide bonds. The Kier molecular flexibility index (Phi) is 5.20. The second-order valence-corrected chi connectivity index (χ2v) is 8.50. The van der Waals surface area contributed by atoms with E-state index in [1.165, 1.54) is 0 Å². The van der Waals surface area contributed by atoms with Gasteiger partial charge in [-0.25, -0.2) is 9.97 Å². The number of fused-ring (bicyclic) bond motifs is 4. The van der Waals surface area contributed by atoms with Crippen LogP contribution in [0, 0.1) is 0 Å². The molecule has 6 rings (SSSR count). The zero-order chi connectivity index (χ0) is 22.2. The van der Waals surface area contributed by atoms with Crippen molar-refractivity contribution >= 4 is 45.2 Å². The Morgan fingerprint density at radius 2 is 1.91 bits per heavy atom. The second-order valence-electron chi connectivity index (χ2n) is 8.11. The molecule has 2 aliphatic rings. The molecule has 33 heavy (non-hydrogen) atoms. The monoisotopic (exact) mass is 461 g/mol. The van der Waals surface area contributed by atoms with Crippen molar-refractivity contribution in [3.05, 3.63) is 59.9 Å². The number of ether oxygens (including phenoxy) is 2. The van der Waals surface area contributed by atoms with Crippen molar-refractivity contribution in [2.45, 2.75) is 13.2 Å². The first-order valence-electron chi connectivity index (χ1n) is 11.0. The van der Waals surface area contributed by atoms with E-state index in [2.05, 4.69) is 31.2 Å². The van der Waals surface area contributed by atoms with Crippen LogP contribution in [-0.2, 0) is 17.9 Å². The summed E-state index contributed by atoms with van der Waals surface area (Å²) < 4.78 is 17.1. The van der Waals surface area contributed by atoms with Gasteiger partial charge in [-0.05, 0) is 36.0 Å². The van der Waals surface area contributed by atoms with Crippen molar-refractivity contribution in [1.29, 1.82) is 0 Å². The van der Waals surface area contributed by atoms with Gasteiger partial charge in [0.05, 0.1) is 6.61 Å². The number of hydrogen-bond acceptors (Lipinski definition) is 7. The average Bonchev–Trinajstić information content (AvgIpc) is 3.26. The van der Waals surface area contributed by atoms with Crippen molar-refractivity contribution in [3.8, 4) is 5.75 Å². The molecular weight excluding hydrogens is 438 g/mol. The summed E-state index contributed by atoms with van der Waals surface area (Å²) in [6, 6.07) is 14.0. The summed E-state index contributed by atoms with van der Waals surface area (Å²) in [6.07, 6.45) is 1.62. The van der Waals surface area contributed by atoms with Crippen LogP contribution in [0.2, 0.25) is 0 Å². The lowest BCUT2D eigenvalue weighted by molar-refractivity contribution is -0.0168. The Hall–Kier alpha value is -3.43. The molecule has 2 aromatic heterocycles. The fourth-order valence-corrected chi connectivity index (χ4v) is 4.72. The number of benzene rings is 2. The van der Waals surface area contributed by atoms with Crippen LogP contribution < -0.4 is 15.0 Å². The van der Waals surface area contributed by atoms with Gasteiger partial charge < -0.3 is 29.0 Å². The minimum Gasteiger partial charge on any atom is -0.467 e. The van der Waals surface area contributed by atoms with Gasteiger partial charge in [0, 0.05) is 43.7 Å². The Balaban J connectivity index is 1.12. The van der Waals surface area contributed by atoms with Crippen LogP contribution in [0.5, 0.6) is 5.75 Å². The smallest absolute Gasteiger partial charge is 0.196 e. The summed E-state index contributed by atoms with van der Waals surface area (Å²) in [7, 11) is 0. The number of hydrogen-bond donors (Lipinski definition) is 1. The molecule has 4 aromatic rings. The van der Waals surface area contributed by atoms with Gasteiger partial charge in [-0.3, -0.25) is 0 Å². The van der Waals surface area contributed by atoms with Crippen molar-refractivity contribution in [3.63, 3.8) is 0 Å². The van der Waals surface area contributed by atoms with Gasteiger partial charge in [-0.15, -0.1) is 0 Å². The van der Waals surface area contributed by atoms with E-state index in [9.17, 15) is 0 Å². The molecule has 2 aromatic carbocycles. The van der Waals surface area contributed by atoms with Crippen LogP contribution in [-0.4, -0.2) is 53.0 Å². The van der Waals surface area contributed by atoms with Crippen LogP contribution in [0.1, 0.15) is 11.1 Å². The minimum atomic E-state index is 0.305. The number of aromatic nitrogens is 2. The van der Waals surface area contributed by atoms with Crippen LogP contribution in [0.4, 0.5) is 5.82 Å². The number of para-hydroxylation sites is 1. The van der Waals surface area contributed by atoms with E-state index in [0.717, 1.165) is 76.1 Å². The fraction of sp³-hybridized carbons (Fsp3) is 0.292. The van der Waals surface area contributed by atoms with Gasteiger partial charge in [-0.1, -0.05) is 24.3 Å². The van der Waals surface area contributed by atoms with Crippen LogP contribution in [0.3, 0.4) is 0 Å². The van der Waals surface area contributed by atoms with Gasteiger partial charge in [0.2, 0.25) is 0 Å². The Morgan fingerprint density at radius 1 is 1.03 bits per heavy atom. The largest absolute Gasteiger partial charge is 0.467 e. The summed E-state index contributed by atoms with van der Waals surface area (Å²) in [5.41, 5.74) is 4.65. The molecule has 1 N–H and O–H groups in total. The first kappa shape index (κ1) is 20.2. The maximum absolute atomic E-state index is 6.11. The van der Waals surface area contributed by atoms with Crippen molar-refractivity contribution in [1.82, 2.24) is 20.2 Å². The lowest BCUT2D eigenvalue weighted by Gasteiger charge is -2.36. The topological polar surface area (TPSA) is 75.9 Å². The molecule has 0 saturated carbocycles. The zero-order valence-corrected chi connectivity index (χ0v) is 18.8. The maximum Gasteiger partial charge on any atom is 0.196 e. The van der Waals surface area contributed by atoms with E-state index in [1.54, 1.807) is 6.33 Å². The molecule has 0 bridgehead atoms. The number of furan rings is 1. The van der Waals surface area contributed by atoms with E-state index in [1.807, 2.05) is 36.4 Å². The average molecular weight is 462 g/mol. The highest BCUT2D eigenvalue weighted by molar-refractivity contribution is 7.80. The zero-order valence-electron chi connectivity index (χ0n) is 18.0. The van der Waals surface area contributed by atoms with Crippen molar-refractivity contribution in [2.24, 2.45) is 0 Å². The SMILES string of the molecule is S=C(NCc1cccc2c1COCO2)N1CCN(c2ncnc3c2oc2ccccc23)CC1. The molecular formula is C24H23N5O3S. The van der Waals surface area contributed by atoms with E-state index in [0.29, 0.717) is 19.9 Å². The van der Waals surface area contributed by atoms with Crippen LogP contribution >= 0.6 is 12.2 Å². The lowest BCUT2D eigenvalue weighted by Crippen LogP contribution is -2.51. The molecule has 0 unspecified atom stereocenters. The molecule has 168 valence electrons. The summed E-state index contributed by atoms with van der Waals surface area (Å²) in [5, 5.41) is 5.17. The summed E-state index contributed by atoms with van der Waals surface area (Å²) in [5.74, 6) is 1.73. The molecule has 0 aliphatic carbocycles. The highest BCUT2D eigenvalue weighted by Crippen LogP contribution is 2.32. The van der Waals surface area contributed by atoms with E-state index < -0.39 is 0 Å². The van der Waals surface area contributed by atoms with Gasteiger partial charge >= 0.3 is 0 Å². The molecule has 2 aliphatic heterocycles. The quantitative estimate of drug-likeness (QED) is 0.462. The number of rotatable bonds is 3. The molecule has 8 nitrogen and oxygen atoms in total. The molecule has 0 radical (unpaired) electrons. The van der Waals surface area contributed by atoms with E-state index >= 15 is 0 Å². The number of nitrogens with one attached hydrogen (secondary N) is 1. The third kappa shape index (κ3) is 3.73. The van der Waals surface area contributed by atoms with Crippen molar-refractivity contribution < 1.29 is 13.9 Å². The van der Waals surface area contributed by atoms with Gasteiger partial charge in [0.1, 0.15) is 23.2 Å². The third-order valence-corrected chi connectivity index (χ3v) is 6.61. The lowest BCUT2D eigenvalue weighted by atomic mass is 10.1. The molecule has 4 heterocycles. The molecule has 0 spiro atoms.